The van der Waals surface area contributed by atoms with Crippen molar-refractivity contribution < 1.29 is 52.6 Å². The molecule has 145 heavy (non-hydrogen) atoms. The topological polar surface area (TPSA) is 381 Å². The SMILES string of the molecule is C#CCN1C(=O)CS/C1=N\NC(=S)NC.C=C1COc2cc(CCN(C)C(C)=O)ccc2N1C.C=CCN1C(=O)CCS/C1=N\NC(=S)NC.C=CCN1C(=O)CS/C1=N\NC(=S)NC.C=CCN1C(=O)CS/C1=N\NC(=S)Nc1ccccc1.CCC(=O)NCCc1c(OC)ccc2ccccc12.CCC(=O)NCCc1cccc2ccccc12.COc1ccc2[nH]c(Cc3ccccc3)c(CCNC(C)=O)c2c1. The number of methoxy groups -OCH3 is 2. The Balaban J connectivity index is 0.000000226. The molecule has 4 fully saturated rings. The molecule has 9 aromatic rings. The first kappa shape index (κ1) is 118. The number of thioether (sulfide) groups is 4. The standard InChI is InChI=1S/C20H22N2O2.C16H19NO2.C15H20N2O2.C15H17NO.C13H14N4OS2.C9H14N4OS2.C8H12N4OS2.C8H10N4OS2/c1-14(23)21-11-10-17-18-13-16(24-2)8-9-19(18)22-20(17)12-15-6-4-3-5-7-15;1-3-16(18)17-11-10-14-13-7-5-4-6-12(13)8-9-15(14)19-2;1-11-10-19-15-9-13(5-6-14(15)17(11)4)7-8-16(3)12(2)18;1-2-15(17)16-11-10-13-8-5-7-12-6-3-4-9-14(12)13;1-2-8-17-11(18)9-20-13(17)16-15-12(19)14-10-6-4-3-5-7-10;1-3-5-13-7(14)4-6-16-9(13)12-11-8(15)10-2;2*1-3-4-12-6(13)5-15-8(12)11-10-7(14)9-2/h3-9,13,22H,10-12H2,1-2H3,(H,21,23);4-9H,3,10-11H2,1-2H3,(H,17,18);5-6,9H,1,7-8,10H2,2-4H3;3-9H,2,10-11H2,1H3,(H,16,17);2-7H,1,8-9H2,(H2,14,15,19);3H,1,4-6H2,2H3,(H2,10,11,15);3H,1,4-5H2,2H3,(H2,9,10,14);1H,4-5H2,2H3,(H2,9,10,14)/b;;;;16-13-;12-9-;2*11-8-. The molecule has 0 radical (unpaired) electrons. The van der Waals surface area contributed by atoms with Crippen molar-refractivity contribution in [3.63, 3.8) is 0 Å². The molecule has 33 nitrogen and oxygen atoms in total. The van der Waals surface area contributed by atoms with Crippen LogP contribution in [0.4, 0.5) is 11.4 Å². The van der Waals surface area contributed by atoms with Gasteiger partial charge in [-0.05, 0) is 167 Å². The van der Waals surface area contributed by atoms with Crippen molar-refractivity contribution >= 4 is 228 Å². The lowest BCUT2D eigenvalue weighted by Gasteiger charge is -2.30. The van der Waals surface area contributed by atoms with E-state index in [0.29, 0.717) is 124 Å². The molecule has 0 aliphatic carbocycles. The number of anilines is 2. The van der Waals surface area contributed by atoms with Gasteiger partial charge in [0.1, 0.15) is 23.9 Å². The molecule has 0 spiro atoms. The molecule has 8 aromatic carbocycles. The number of aromatic amines is 1. The Morgan fingerprint density at radius 1 is 0.545 bits per heavy atom. The number of nitrogens with zero attached hydrogens (tertiary/aromatic N) is 10. The Kier molecular flexibility index (Phi) is 52.7. The number of amidine groups is 4. The maximum atomic E-state index is 11.6. The lowest BCUT2D eigenvalue weighted by molar-refractivity contribution is -0.128. The first-order valence-electron chi connectivity index (χ1n) is 46.2. The van der Waals surface area contributed by atoms with Gasteiger partial charge in [-0.1, -0.05) is 219 Å². The van der Waals surface area contributed by atoms with Gasteiger partial charge in [0.05, 0.1) is 43.7 Å². The molecule has 768 valence electrons. The van der Waals surface area contributed by atoms with Gasteiger partial charge in [0, 0.05) is 160 Å². The number of hydrazone groups is 4. The van der Waals surface area contributed by atoms with Crippen LogP contribution >= 0.6 is 95.9 Å². The van der Waals surface area contributed by atoms with Crippen LogP contribution in [0.15, 0.2) is 247 Å². The molecule has 0 unspecified atom stereocenters. The Labute approximate surface area is 887 Å². The van der Waals surface area contributed by atoms with Gasteiger partial charge >= 0.3 is 0 Å². The van der Waals surface area contributed by atoms with Crippen LogP contribution in [0.3, 0.4) is 0 Å². The van der Waals surface area contributed by atoms with Crippen molar-refractivity contribution in [2.24, 2.45) is 20.4 Å². The lowest BCUT2D eigenvalue weighted by Crippen LogP contribution is -2.41. The number of amides is 8. The van der Waals surface area contributed by atoms with E-state index in [1.807, 2.05) is 118 Å². The zero-order chi connectivity index (χ0) is 106. The van der Waals surface area contributed by atoms with Crippen LogP contribution in [0, 0.1) is 12.3 Å². The molecule has 14 rings (SSSR count). The van der Waals surface area contributed by atoms with Crippen molar-refractivity contribution in [2.45, 2.75) is 79.1 Å². The van der Waals surface area contributed by atoms with Crippen LogP contribution in [0.2, 0.25) is 0 Å². The molecule has 1 aromatic heterocycles. The zero-order valence-corrected chi connectivity index (χ0v) is 90.0. The van der Waals surface area contributed by atoms with Crippen molar-refractivity contribution in [1.29, 1.82) is 0 Å². The first-order chi connectivity index (χ1) is 70.0. The van der Waals surface area contributed by atoms with E-state index in [9.17, 15) is 38.4 Å². The molecule has 5 aliphatic heterocycles. The highest BCUT2D eigenvalue weighted by Gasteiger charge is 2.31. The lowest BCUT2D eigenvalue weighted by atomic mass is 10.0. The van der Waals surface area contributed by atoms with E-state index in [4.69, 9.17) is 69.5 Å². The Bertz CT molecular complexity index is 6150. The number of ether oxygens (including phenoxy) is 3. The predicted octanol–water partition coefficient (Wildman–Crippen LogP) is 13.5. The minimum atomic E-state index is -0.0334. The number of para-hydroxylation sites is 1. The third-order valence-corrected chi connectivity index (χ3v) is 26.4. The molecule has 5 aliphatic rings. The van der Waals surface area contributed by atoms with Gasteiger partial charge < -0.3 is 66.2 Å². The summed E-state index contributed by atoms with van der Waals surface area (Å²) in [6, 6.07) is 59.1. The van der Waals surface area contributed by atoms with Gasteiger partial charge in [0.15, 0.2) is 41.1 Å². The number of rotatable bonds is 30. The Hall–Kier alpha value is -13.9. The molecular weight excluding hydrogens is 1990 g/mol. The minimum Gasteiger partial charge on any atom is -0.497 e. The Morgan fingerprint density at radius 3 is 1.58 bits per heavy atom. The molecule has 0 atom stereocenters. The monoisotopic (exact) mass is 2120 g/mol. The normalized spacial score (nSPS) is 14.2. The van der Waals surface area contributed by atoms with E-state index in [0.717, 1.165) is 95.2 Å². The number of terminal acetylenes is 1. The minimum absolute atomic E-state index is 0.00275. The van der Waals surface area contributed by atoms with E-state index in [2.05, 4.69) is 208 Å². The number of carbonyl (C=O) groups is 8. The van der Waals surface area contributed by atoms with Crippen molar-refractivity contribution in [2.75, 3.05) is 142 Å². The summed E-state index contributed by atoms with van der Waals surface area (Å²) in [7, 11) is 12.2. The smallest absolute Gasteiger partial charge is 0.239 e. The summed E-state index contributed by atoms with van der Waals surface area (Å²) in [5.41, 5.74) is 21.9. The number of likely N-dealkylation sites (N-methyl/N-ethyl adjacent to an activating group) is 2. The summed E-state index contributed by atoms with van der Waals surface area (Å²) >= 11 is 25.3. The number of fused-ring (bicyclic) bond motifs is 4. The Morgan fingerprint density at radius 2 is 1.04 bits per heavy atom. The number of aromatic nitrogens is 1. The van der Waals surface area contributed by atoms with Gasteiger partial charge in [0.2, 0.25) is 47.3 Å². The largest absolute Gasteiger partial charge is 0.497 e. The second-order valence-electron chi connectivity index (χ2n) is 31.4. The van der Waals surface area contributed by atoms with Gasteiger partial charge in [-0.2, -0.15) is 0 Å². The molecule has 12 N–H and O–H groups in total. The fourth-order valence-electron chi connectivity index (χ4n) is 13.7. The van der Waals surface area contributed by atoms with Crippen LogP contribution in [-0.2, 0) is 70.5 Å². The molecule has 6 heterocycles. The van der Waals surface area contributed by atoms with Gasteiger partial charge in [-0.3, -0.25) is 79.7 Å². The van der Waals surface area contributed by atoms with Crippen LogP contribution < -0.4 is 78.0 Å². The van der Waals surface area contributed by atoms with Crippen molar-refractivity contribution in [1.82, 2.24) is 83.1 Å². The third kappa shape index (κ3) is 39.7. The molecule has 0 bridgehead atoms. The molecule has 41 heteroatoms. The highest BCUT2D eigenvalue weighted by Crippen LogP contribution is 2.36. The van der Waals surface area contributed by atoms with E-state index in [1.54, 1.807) is 87.0 Å². The van der Waals surface area contributed by atoms with Crippen LogP contribution in [-0.4, -0.2) is 249 Å². The highest BCUT2D eigenvalue weighted by atomic mass is 32.2. The van der Waals surface area contributed by atoms with Gasteiger partial charge in [-0.25, -0.2) is 0 Å². The van der Waals surface area contributed by atoms with Crippen LogP contribution in [0.1, 0.15) is 80.5 Å². The number of nitrogens with one attached hydrogen (secondary N) is 12. The van der Waals surface area contributed by atoms with E-state index >= 15 is 0 Å². The number of benzene rings is 8. The van der Waals surface area contributed by atoms with Crippen LogP contribution in [0.5, 0.6) is 17.2 Å². The summed E-state index contributed by atoms with van der Waals surface area (Å²) in [5.74, 6) is 7.32. The zero-order valence-electron chi connectivity index (χ0n) is 83.5. The first-order valence-corrected chi connectivity index (χ1v) is 51.8. The average molecular weight is 2120 g/mol. The van der Waals surface area contributed by atoms with Gasteiger partial charge in [-0.15, -0.1) is 46.6 Å². The van der Waals surface area contributed by atoms with Gasteiger partial charge in [0.25, 0.3) is 0 Å². The maximum Gasteiger partial charge on any atom is 0.239 e. The number of H-pyrrole nitrogens is 1. The number of thiocarbonyl (C=S) groups is 4. The quantitative estimate of drug-likeness (QED) is 0.00861. The number of carbonyl (C=O) groups excluding carboxylic acids is 8. The fourth-order valence-corrected chi connectivity index (χ4v) is 17.4. The molecular formula is C104H128N22O11S8. The number of hydrogen-bond donors (Lipinski definition) is 12. The summed E-state index contributed by atoms with van der Waals surface area (Å²) in [5, 5.41) is 46.2. The van der Waals surface area contributed by atoms with E-state index in [1.165, 1.54) is 101 Å². The number of hydrogen-bond acceptors (Lipinski definition) is 24. The molecule has 4 saturated heterocycles. The average Bonchev–Trinajstić information content (AvgIpc) is 1.28. The second kappa shape index (κ2) is 64.7. The molecule has 0 saturated carbocycles. The molecule has 8 amide bonds. The van der Waals surface area contributed by atoms with E-state index < -0.39 is 0 Å². The van der Waals surface area contributed by atoms with Crippen molar-refractivity contribution in [3.05, 3.63) is 260 Å². The summed E-state index contributed by atoms with van der Waals surface area (Å²) in [6.45, 7) is 26.5. The second-order valence-corrected chi connectivity index (χ2v) is 36.9. The van der Waals surface area contributed by atoms with Crippen molar-refractivity contribution in [3.8, 4) is 29.6 Å². The highest BCUT2D eigenvalue weighted by molar-refractivity contribution is 8.15. The van der Waals surface area contributed by atoms with Crippen LogP contribution in [0.25, 0.3) is 32.4 Å². The summed E-state index contributed by atoms with van der Waals surface area (Å²) < 4.78 is 16.5. The predicted molar refractivity (Wildman–Crippen MR) is 612 cm³/mol. The fraction of sp³-hybridized carbons (Fsp3) is 0.308. The summed E-state index contributed by atoms with van der Waals surface area (Å²) in [4.78, 5) is 104. The maximum absolute atomic E-state index is 11.6. The summed E-state index contributed by atoms with van der Waals surface area (Å²) in [6.07, 6.45) is 15.9. The van der Waals surface area contributed by atoms with E-state index in [-0.39, 0.29) is 53.8 Å². The third-order valence-electron chi connectivity index (χ3n) is 21.4.